The highest BCUT2D eigenvalue weighted by atomic mass is 127. The highest BCUT2D eigenvalue weighted by molar-refractivity contribution is 14.1. The Morgan fingerprint density at radius 2 is 1.70 bits per heavy atom. The Morgan fingerprint density at radius 3 is 2.26 bits per heavy atom. The topological polar surface area (TPSA) is 37.4 Å². The number of hydrogen-bond donors (Lipinski definition) is 0. The highest BCUT2D eigenvalue weighted by Gasteiger charge is 2.27. The van der Waals surface area contributed by atoms with E-state index < -0.39 is 10.0 Å². The third kappa shape index (κ3) is 4.81. The van der Waals surface area contributed by atoms with E-state index in [2.05, 4.69) is 38.5 Å². The SMILES string of the molecule is CC(/C(Br)=C\c1ccccc1)N(c1ccccc1I)S(C)(=O)=O. The summed E-state index contributed by atoms with van der Waals surface area (Å²) in [5.41, 5.74) is 1.70. The summed E-state index contributed by atoms with van der Waals surface area (Å²) in [4.78, 5) is 0. The molecule has 2 rings (SSSR count). The Labute approximate surface area is 159 Å². The summed E-state index contributed by atoms with van der Waals surface area (Å²) in [6.07, 6.45) is 3.17. The molecule has 0 aliphatic rings. The quantitative estimate of drug-likeness (QED) is 0.543. The van der Waals surface area contributed by atoms with Crippen molar-refractivity contribution in [2.45, 2.75) is 13.0 Å². The molecule has 122 valence electrons. The molecular weight excluding hydrogens is 489 g/mol. The smallest absolute Gasteiger partial charge is 0.232 e. The Morgan fingerprint density at radius 1 is 1.13 bits per heavy atom. The zero-order chi connectivity index (χ0) is 17.0. The fraction of sp³-hybridized carbons (Fsp3) is 0.176. The van der Waals surface area contributed by atoms with Crippen LogP contribution in [0, 0.1) is 3.57 Å². The minimum atomic E-state index is -3.42. The third-order valence-corrected chi connectivity index (χ3v) is 6.33. The number of nitrogens with zero attached hydrogens (tertiary/aromatic N) is 1. The van der Waals surface area contributed by atoms with Crippen molar-refractivity contribution in [2.24, 2.45) is 0 Å². The second-order valence-electron chi connectivity index (χ2n) is 5.13. The van der Waals surface area contributed by atoms with Gasteiger partial charge in [0.1, 0.15) is 0 Å². The van der Waals surface area contributed by atoms with Gasteiger partial charge in [0.15, 0.2) is 0 Å². The lowest BCUT2D eigenvalue weighted by atomic mass is 10.2. The van der Waals surface area contributed by atoms with E-state index in [1.165, 1.54) is 10.6 Å². The largest absolute Gasteiger partial charge is 0.262 e. The number of halogens is 2. The van der Waals surface area contributed by atoms with Gasteiger partial charge in [0.25, 0.3) is 0 Å². The average Bonchev–Trinajstić information content (AvgIpc) is 2.49. The number of benzene rings is 2. The lowest BCUT2D eigenvalue weighted by Gasteiger charge is -2.30. The van der Waals surface area contributed by atoms with E-state index in [0.29, 0.717) is 5.69 Å². The summed E-state index contributed by atoms with van der Waals surface area (Å²) >= 11 is 5.70. The number of para-hydroxylation sites is 1. The highest BCUT2D eigenvalue weighted by Crippen LogP contribution is 2.31. The maximum Gasteiger partial charge on any atom is 0.232 e. The number of sulfonamides is 1. The molecule has 0 radical (unpaired) electrons. The van der Waals surface area contributed by atoms with Crippen molar-refractivity contribution in [1.82, 2.24) is 0 Å². The van der Waals surface area contributed by atoms with Crippen molar-refractivity contribution in [3.63, 3.8) is 0 Å². The van der Waals surface area contributed by atoms with Crippen molar-refractivity contribution in [3.8, 4) is 0 Å². The molecule has 1 unspecified atom stereocenters. The van der Waals surface area contributed by atoms with Gasteiger partial charge in [-0.2, -0.15) is 0 Å². The van der Waals surface area contributed by atoms with E-state index in [0.717, 1.165) is 13.6 Å². The Bertz CT molecular complexity index is 806. The molecule has 0 heterocycles. The Balaban J connectivity index is 2.45. The van der Waals surface area contributed by atoms with Crippen molar-refractivity contribution < 1.29 is 8.42 Å². The molecule has 0 aliphatic heterocycles. The molecule has 3 nitrogen and oxygen atoms in total. The maximum absolute atomic E-state index is 12.4. The first-order valence-electron chi connectivity index (χ1n) is 6.97. The molecule has 23 heavy (non-hydrogen) atoms. The van der Waals surface area contributed by atoms with Crippen LogP contribution in [0.2, 0.25) is 0 Å². The van der Waals surface area contributed by atoms with Crippen LogP contribution in [0.3, 0.4) is 0 Å². The molecule has 0 bridgehead atoms. The van der Waals surface area contributed by atoms with Gasteiger partial charge in [0, 0.05) is 8.05 Å². The fourth-order valence-corrected chi connectivity index (χ4v) is 4.87. The van der Waals surface area contributed by atoms with Gasteiger partial charge >= 0.3 is 0 Å². The molecular formula is C17H17BrINO2S. The molecule has 0 spiro atoms. The van der Waals surface area contributed by atoms with Crippen molar-refractivity contribution in [1.29, 1.82) is 0 Å². The van der Waals surface area contributed by atoms with Crippen molar-refractivity contribution in [3.05, 3.63) is 68.2 Å². The van der Waals surface area contributed by atoms with Crippen molar-refractivity contribution >= 4 is 60.3 Å². The van der Waals surface area contributed by atoms with Gasteiger partial charge in [-0.3, -0.25) is 4.31 Å². The average molecular weight is 506 g/mol. The third-order valence-electron chi connectivity index (χ3n) is 3.30. The minimum absolute atomic E-state index is 0.346. The van der Waals surface area contributed by atoms with Gasteiger partial charge in [-0.05, 0) is 53.3 Å². The Hall–Kier alpha value is -0.860. The molecule has 0 fully saturated rings. The first-order valence-corrected chi connectivity index (χ1v) is 10.7. The van der Waals surface area contributed by atoms with Gasteiger partial charge in [0.2, 0.25) is 10.0 Å². The normalized spacial score (nSPS) is 13.7. The predicted molar refractivity (Wildman–Crippen MR) is 109 cm³/mol. The summed E-state index contributed by atoms with van der Waals surface area (Å²) in [5.74, 6) is 0. The van der Waals surface area contributed by atoms with E-state index in [9.17, 15) is 8.42 Å². The summed E-state index contributed by atoms with van der Waals surface area (Å²) in [6, 6.07) is 16.9. The van der Waals surface area contributed by atoms with E-state index in [-0.39, 0.29) is 6.04 Å². The van der Waals surface area contributed by atoms with Crippen LogP contribution in [0.15, 0.2) is 59.1 Å². The van der Waals surface area contributed by atoms with Gasteiger partial charge in [-0.1, -0.05) is 58.4 Å². The zero-order valence-corrected chi connectivity index (χ0v) is 17.3. The molecule has 0 N–H and O–H groups in total. The monoisotopic (exact) mass is 505 g/mol. The standard InChI is InChI=1S/C17H17BrINO2S/c1-13(15(18)12-14-8-4-3-5-9-14)20(23(2,21)22)17-11-7-6-10-16(17)19/h3-13H,1-2H3/b15-12+. The summed E-state index contributed by atoms with van der Waals surface area (Å²) < 4.78 is 27.8. The van der Waals surface area contributed by atoms with Crippen LogP contribution in [-0.4, -0.2) is 20.7 Å². The first-order chi connectivity index (χ1) is 10.8. The zero-order valence-electron chi connectivity index (χ0n) is 12.8. The van der Waals surface area contributed by atoms with Crippen LogP contribution in [0.25, 0.3) is 6.08 Å². The Kier molecular flexibility index (Phi) is 6.27. The van der Waals surface area contributed by atoms with E-state index in [4.69, 9.17) is 0 Å². The molecule has 0 saturated carbocycles. The lowest BCUT2D eigenvalue weighted by molar-refractivity contribution is 0.593. The fourth-order valence-electron chi connectivity index (χ4n) is 2.25. The van der Waals surface area contributed by atoms with Gasteiger partial charge in [-0.15, -0.1) is 0 Å². The van der Waals surface area contributed by atoms with Crippen LogP contribution >= 0.6 is 38.5 Å². The van der Waals surface area contributed by atoms with Gasteiger partial charge in [-0.25, -0.2) is 8.42 Å². The first kappa shape index (κ1) is 18.5. The summed E-state index contributed by atoms with van der Waals surface area (Å²) in [5, 5.41) is 0. The molecule has 0 aromatic heterocycles. The van der Waals surface area contributed by atoms with Gasteiger partial charge in [0.05, 0.1) is 18.0 Å². The van der Waals surface area contributed by atoms with E-state index >= 15 is 0 Å². The van der Waals surface area contributed by atoms with Crippen LogP contribution in [0.4, 0.5) is 5.69 Å². The van der Waals surface area contributed by atoms with Gasteiger partial charge < -0.3 is 0 Å². The number of rotatable bonds is 5. The van der Waals surface area contributed by atoms with Crippen LogP contribution in [0.5, 0.6) is 0 Å². The predicted octanol–water partition coefficient (Wildman–Crippen LogP) is 4.88. The molecule has 2 aromatic carbocycles. The minimum Gasteiger partial charge on any atom is -0.262 e. The van der Waals surface area contributed by atoms with Crippen LogP contribution < -0.4 is 4.31 Å². The second kappa shape index (κ2) is 7.81. The lowest BCUT2D eigenvalue weighted by Crippen LogP contribution is -2.38. The molecule has 0 amide bonds. The molecule has 0 aliphatic carbocycles. The van der Waals surface area contributed by atoms with Crippen LogP contribution in [-0.2, 0) is 10.0 Å². The number of anilines is 1. The molecule has 6 heteroatoms. The van der Waals surface area contributed by atoms with E-state index in [1.807, 2.05) is 67.6 Å². The van der Waals surface area contributed by atoms with E-state index in [1.54, 1.807) is 0 Å². The van der Waals surface area contributed by atoms with Crippen LogP contribution in [0.1, 0.15) is 12.5 Å². The molecule has 2 aromatic rings. The van der Waals surface area contributed by atoms with Crippen molar-refractivity contribution in [2.75, 3.05) is 10.6 Å². The molecule has 1 atom stereocenters. The maximum atomic E-state index is 12.4. The number of hydrogen-bond acceptors (Lipinski definition) is 2. The molecule has 0 saturated heterocycles. The second-order valence-corrected chi connectivity index (χ2v) is 9.06. The summed E-state index contributed by atoms with van der Waals surface area (Å²) in [6.45, 7) is 1.87. The summed E-state index contributed by atoms with van der Waals surface area (Å²) in [7, 11) is -3.42.